The number of rotatable bonds is 3. The highest BCUT2D eigenvalue weighted by molar-refractivity contribution is 5.97. The van der Waals surface area contributed by atoms with Crippen LogP contribution in [0.15, 0.2) is 24.4 Å². The summed E-state index contributed by atoms with van der Waals surface area (Å²) in [4.78, 5) is 23.7. The van der Waals surface area contributed by atoms with Crippen molar-refractivity contribution < 1.29 is 9.59 Å². The molecule has 4 heteroatoms. The molecule has 1 atom stereocenters. The van der Waals surface area contributed by atoms with Crippen LogP contribution in [0, 0.1) is 0 Å². The standard InChI is InChI=1S/C9H12N2O2/c1-6-3-4-9(13)11(6)8(5-10)7(2)12/h3-4,8H,1,5,10H2,2H3. The maximum absolute atomic E-state index is 11.3. The number of Topliss-reactive ketones (excluding diaryl/α,β-unsaturated/α-hetero) is 1. The molecule has 0 fully saturated rings. The molecule has 2 N–H and O–H groups in total. The number of carbonyl (C=O) groups excluding carboxylic acids is 2. The second kappa shape index (κ2) is 3.53. The minimum atomic E-state index is -0.574. The van der Waals surface area contributed by atoms with E-state index in [0.29, 0.717) is 5.70 Å². The Morgan fingerprint density at radius 2 is 2.31 bits per heavy atom. The highest BCUT2D eigenvalue weighted by Crippen LogP contribution is 2.16. The maximum Gasteiger partial charge on any atom is 0.251 e. The molecule has 1 unspecified atom stereocenters. The number of ketones is 1. The number of carbonyl (C=O) groups is 2. The molecule has 1 heterocycles. The van der Waals surface area contributed by atoms with E-state index in [1.165, 1.54) is 17.9 Å². The fourth-order valence-corrected chi connectivity index (χ4v) is 1.28. The molecule has 0 aliphatic carbocycles. The van der Waals surface area contributed by atoms with Crippen LogP contribution in [0.4, 0.5) is 0 Å². The Labute approximate surface area is 76.7 Å². The summed E-state index contributed by atoms with van der Waals surface area (Å²) in [5.41, 5.74) is 5.92. The van der Waals surface area contributed by atoms with Gasteiger partial charge in [0, 0.05) is 18.3 Å². The van der Waals surface area contributed by atoms with Crippen molar-refractivity contribution in [2.45, 2.75) is 13.0 Å². The topological polar surface area (TPSA) is 63.4 Å². The lowest BCUT2D eigenvalue weighted by Gasteiger charge is -2.25. The van der Waals surface area contributed by atoms with Crippen molar-refractivity contribution in [3.8, 4) is 0 Å². The summed E-state index contributed by atoms with van der Waals surface area (Å²) in [7, 11) is 0. The Kier molecular flexibility index (Phi) is 2.63. The third kappa shape index (κ3) is 1.67. The van der Waals surface area contributed by atoms with E-state index in [-0.39, 0.29) is 18.2 Å². The van der Waals surface area contributed by atoms with Crippen LogP contribution in [0.25, 0.3) is 0 Å². The van der Waals surface area contributed by atoms with Gasteiger partial charge in [0.15, 0.2) is 5.78 Å². The average Bonchev–Trinajstić information content (AvgIpc) is 2.36. The van der Waals surface area contributed by atoms with Gasteiger partial charge in [0.05, 0.1) is 0 Å². The largest absolute Gasteiger partial charge is 0.328 e. The molecule has 1 amide bonds. The number of nitrogens with zero attached hydrogens (tertiary/aromatic N) is 1. The second-order valence-electron chi connectivity index (χ2n) is 2.90. The SMILES string of the molecule is C=C1C=CC(=O)N1C(CN)C(C)=O. The lowest BCUT2D eigenvalue weighted by Crippen LogP contribution is -2.45. The first kappa shape index (κ1) is 9.67. The Morgan fingerprint density at radius 1 is 1.69 bits per heavy atom. The minimum Gasteiger partial charge on any atom is -0.328 e. The highest BCUT2D eigenvalue weighted by Gasteiger charge is 2.29. The first-order valence-electron chi connectivity index (χ1n) is 3.98. The van der Waals surface area contributed by atoms with Gasteiger partial charge in [0.25, 0.3) is 5.91 Å². The Hall–Kier alpha value is -1.42. The fraction of sp³-hybridized carbons (Fsp3) is 0.333. The van der Waals surface area contributed by atoms with Crippen LogP contribution in [-0.4, -0.2) is 29.2 Å². The van der Waals surface area contributed by atoms with Crippen LogP contribution in [0.5, 0.6) is 0 Å². The summed E-state index contributed by atoms with van der Waals surface area (Å²) in [5, 5.41) is 0. The van der Waals surface area contributed by atoms with E-state index in [4.69, 9.17) is 5.73 Å². The zero-order chi connectivity index (χ0) is 10.0. The molecule has 0 saturated heterocycles. The molecule has 4 nitrogen and oxygen atoms in total. The van der Waals surface area contributed by atoms with Gasteiger partial charge in [0.2, 0.25) is 0 Å². The molecule has 0 saturated carbocycles. The van der Waals surface area contributed by atoms with Crippen LogP contribution in [0.1, 0.15) is 6.92 Å². The van der Waals surface area contributed by atoms with Gasteiger partial charge < -0.3 is 5.73 Å². The zero-order valence-electron chi connectivity index (χ0n) is 7.49. The summed E-state index contributed by atoms with van der Waals surface area (Å²) in [6, 6.07) is -0.574. The third-order valence-corrected chi connectivity index (χ3v) is 1.97. The maximum atomic E-state index is 11.3. The van der Waals surface area contributed by atoms with Crippen LogP contribution < -0.4 is 5.73 Å². The summed E-state index contributed by atoms with van der Waals surface area (Å²) < 4.78 is 0. The van der Waals surface area contributed by atoms with E-state index in [2.05, 4.69) is 6.58 Å². The van der Waals surface area contributed by atoms with Gasteiger partial charge in [-0.15, -0.1) is 0 Å². The van der Waals surface area contributed by atoms with Crippen molar-refractivity contribution in [3.05, 3.63) is 24.4 Å². The van der Waals surface area contributed by atoms with Gasteiger partial charge in [-0.25, -0.2) is 0 Å². The number of hydrogen-bond acceptors (Lipinski definition) is 3. The van der Waals surface area contributed by atoms with E-state index in [0.717, 1.165) is 0 Å². The summed E-state index contributed by atoms with van der Waals surface area (Å²) in [5.74, 6) is -0.351. The third-order valence-electron chi connectivity index (χ3n) is 1.97. The van der Waals surface area contributed by atoms with Crippen LogP contribution >= 0.6 is 0 Å². The molecule has 0 radical (unpaired) electrons. The predicted octanol–water partition coefficient (Wildman–Crippen LogP) is -0.185. The summed E-state index contributed by atoms with van der Waals surface area (Å²) in [6.45, 7) is 5.19. The van der Waals surface area contributed by atoms with Gasteiger partial charge in [-0.05, 0) is 13.0 Å². The first-order chi connectivity index (χ1) is 6.07. The van der Waals surface area contributed by atoms with E-state index < -0.39 is 6.04 Å². The van der Waals surface area contributed by atoms with Crippen molar-refractivity contribution in [2.75, 3.05) is 6.54 Å². The fourth-order valence-electron chi connectivity index (χ4n) is 1.28. The predicted molar refractivity (Wildman–Crippen MR) is 48.6 cm³/mol. The lowest BCUT2D eigenvalue weighted by atomic mass is 10.1. The normalized spacial score (nSPS) is 18.2. The van der Waals surface area contributed by atoms with Crippen molar-refractivity contribution in [1.29, 1.82) is 0 Å². The Bertz CT molecular complexity index is 276. The molecule has 13 heavy (non-hydrogen) atoms. The highest BCUT2D eigenvalue weighted by atomic mass is 16.2. The molecule has 0 bridgehead atoms. The smallest absolute Gasteiger partial charge is 0.251 e. The second-order valence-corrected chi connectivity index (χ2v) is 2.90. The molecule has 0 aromatic heterocycles. The van der Waals surface area contributed by atoms with Crippen molar-refractivity contribution in [3.63, 3.8) is 0 Å². The molecular weight excluding hydrogens is 168 g/mol. The zero-order valence-corrected chi connectivity index (χ0v) is 7.49. The molecule has 0 aromatic carbocycles. The average molecular weight is 180 g/mol. The number of allylic oxidation sites excluding steroid dienone is 1. The molecular formula is C9H12N2O2. The minimum absolute atomic E-state index is 0.124. The van der Waals surface area contributed by atoms with Crippen molar-refractivity contribution >= 4 is 11.7 Å². The van der Waals surface area contributed by atoms with Gasteiger partial charge >= 0.3 is 0 Å². The first-order valence-corrected chi connectivity index (χ1v) is 3.98. The Balaban J connectivity index is 2.87. The molecule has 0 aromatic rings. The van der Waals surface area contributed by atoms with Gasteiger partial charge in [0.1, 0.15) is 6.04 Å². The van der Waals surface area contributed by atoms with Crippen LogP contribution in [-0.2, 0) is 9.59 Å². The van der Waals surface area contributed by atoms with Crippen molar-refractivity contribution in [1.82, 2.24) is 4.90 Å². The van der Waals surface area contributed by atoms with E-state index in [1.807, 2.05) is 0 Å². The molecule has 0 spiro atoms. The Morgan fingerprint density at radius 3 is 2.62 bits per heavy atom. The number of nitrogens with two attached hydrogens (primary N) is 1. The van der Waals surface area contributed by atoms with Gasteiger partial charge in [-0.2, -0.15) is 0 Å². The van der Waals surface area contributed by atoms with Gasteiger partial charge in [-0.3, -0.25) is 14.5 Å². The van der Waals surface area contributed by atoms with Crippen LogP contribution in [0.2, 0.25) is 0 Å². The summed E-state index contributed by atoms with van der Waals surface area (Å²) in [6.07, 6.45) is 2.96. The molecule has 1 rings (SSSR count). The van der Waals surface area contributed by atoms with Crippen LogP contribution in [0.3, 0.4) is 0 Å². The lowest BCUT2D eigenvalue weighted by molar-refractivity contribution is -0.131. The van der Waals surface area contributed by atoms with Gasteiger partial charge in [-0.1, -0.05) is 6.58 Å². The summed E-state index contributed by atoms with van der Waals surface area (Å²) >= 11 is 0. The number of hydrogen-bond donors (Lipinski definition) is 1. The number of amides is 1. The quantitative estimate of drug-likeness (QED) is 0.655. The molecule has 70 valence electrons. The molecule has 1 aliphatic rings. The van der Waals surface area contributed by atoms with Crippen molar-refractivity contribution in [2.24, 2.45) is 5.73 Å². The monoisotopic (exact) mass is 180 g/mol. The van der Waals surface area contributed by atoms with E-state index in [1.54, 1.807) is 6.08 Å². The van der Waals surface area contributed by atoms with E-state index >= 15 is 0 Å². The van der Waals surface area contributed by atoms with E-state index in [9.17, 15) is 9.59 Å². The molecule has 1 aliphatic heterocycles.